The standard InChI is InChI=1S/C15H22N4S/c1-10-6-4-3-5-7-12(10)17-13-11-8-9-20-14(11)19-15(16-2)18-13/h8-10,12H,3-7H2,1-2H3,(H2,16,17,18,19). The minimum absolute atomic E-state index is 0.528. The molecule has 2 aromatic rings. The summed E-state index contributed by atoms with van der Waals surface area (Å²) in [5.41, 5.74) is 0. The maximum Gasteiger partial charge on any atom is 0.225 e. The summed E-state index contributed by atoms with van der Waals surface area (Å²) in [5.74, 6) is 2.39. The molecular weight excluding hydrogens is 268 g/mol. The highest BCUT2D eigenvalue weighted by atomic mass is 32.1. The third-order valence-corrected chi connectivity index (χ3v) is 5.04. The van der Waals surface area contributed by atoms with Crippen LogP contribution in [0, 0.1) is 5.92 Å². The molecule has 3 rings (SSSR count). The lowest BCUT2D eigenvalue weighted by Crippen LogP contribution is -2.27. The van der Waals surface area contributed by atoms with Gasteiger partial charge in [-0.1, -0.05) is 26.2 Å². The number of nitrogens with one attached hydrogen (secondary N) is 2. The van der Waals surface area contributed by atoms with Crippen molar-refractivity contribution in [3.63, 3.8) is 0 Å². The molecule has 2 N–H and O–H groups in total. The van der Waals surface area contributed by atoms with E-state index in [4.69, 9.17) is 0 Å². The zero-order valence-corrected chi connectivity index (χ0v) is 13.0. The van der Waals surface area contributed by atoms with Crippen LogP contribution in [0.1, 0.15) is 39.0 Å². The average molecular weight is 290 g/mol. The van der Waals surface area contributed by atoms with Gasteiger partial charge in [0.25, 0.3) is 0 Å². The van der Waals surface area contributed by atoms with Crippen molar-refractivity contribution in [2.24, 2.45) is 5.92 Å². The molecule has 2 aromatic heterocycles. The van der Waals surface area contributed by atoms with Gasteiger partial charge in [-0.15, -0.1) is 11.3 Å². The van der Waals surface area contributed by atoms with Crippen LogP contribution in [0.4, 0.5) is 11.8 Å². The smallest absolute Gasteiger partial charge is 0.225 e. The van der Waals surface area contributed by atoms with E-state index in [0.717, 1.165) is 16.0 Å². The lowest BCUT2D eigenvalue weighted by Gasteiger charge is -2.23. The highest BCUT2D eigenvalue weighted by molar-refractivity contribution is 7.16. The van der Waals surface area contributed by atoms with Crippen LogP contribution in [0.3, 0.4) is 0 Å². The molecule has 0 aromatic carbocycles. The van der Waals surface area contributed by atoms with Crippen molar-refractivity contribution in [2.45, 2.75) is 45.1 Å². The fraction of sp³-hybridized carbons (Fsp3) is 0.600. The lowest BCUT2D eigenvalue weighted by atomic mass is 9.97. The summed E-state index contributed by atoms with van der Waals surface area (Å²) in [7, 11) is 1.87. The summed E-state index contributed by atoms with van der Waals surface area (Å²) in [6.07, 6.45) is 6.60. The van der Waals surface area contributed by atoms with Crippen molar-refractivity contribution >= 4 is 33.3 Å². The molecule has 2 heterocycles. The Labute approximate surface area is 124 Å². The van der Waals surface area contributed by atoms with Gasteiger partial charge in [-0.3, -0.25) is 0 Å². The van der Waals surface area contributed by atoms with Gasteiger partial charge in [0.15, 0.2) is 0 Å². The summed E-state index contributed by atoms with van der Waals surface area (Å²) >= 11 is 1.67. The summed E-state index contributed by atoms with van der Waals surface area (Å²) in [4.78, 5) is 10.2. The fourth-order valence-corrected chi connectivity index (χ4v) is 3.72. The van der Waals surface area contributed by atoms with Gasteiger partial charge >= 0.3 is 0 Å². The number of aromatic nitrogens is 2. The van der Waals surface area contributed by atoms with Crippen LogP contribution < -0.4 is 10.6 Å². The average Bonchev–Trinajstić information content (AvgIpc) is 2.84. The Morgan fingerprint density at radius 2 is 2.05 bits per heavy atom. The molecule has 1 aliphatic carbocycles. The number of hydrogen-bond acceptors (Lipinski definition) is 5. The Morgan fingerprint density at radius 3 is 2.90 bits per heavy atom. The van der Waals surface area contributed by atoms with Crippen molar-refractivity contribution in [1.82, 2.24) is 9.97 Å². The van der Waals surface area contributed by atoms with Gasteiger partial charge in [0.1, 0.15) is 10.6 Å². The van der Waals surface area contributed by atoms with Gasteiger partial charge in [0, 0.05) is 13.1 Å². The van der Waals surface area contributed by atoms with Crippen LogP contribution in [0.2, 0.25) is 0 Å². The molecule has 108 valence electrons. The molecular formula is C15H22N4S. The Balaban J connectivity index is 1.90. The molecule has 0 spiro atoms. The van der Waals surface area contributed by atoms with Crippen molar-refractivity contribution < 1.29 is 0 Å². The Kier molecular flexibility index (Phi) is 4.05. The van der Waals surface area contributed by atoms with E-state index < -0.39 is 0 Å². The summed E-state index contributed by atoms with van der Waals surface area (Å²) in [5, 5.41) is 9.97. The Morgan fingerprint density at radius 1 is 1.20 bits per heavy atom. The first-order chi connectivity index (χ1) is 9.78. The molecule has 0 aliphatic heterocycles. The number of thiophene rings is 1. The van der Waals surface area contributed by atoms with Gasteiger partial charge in [0.2, 0.25) is 5.95 Å². The summed E-state index contributed by atoms with van der Waals surface area (Å²) in [6.45, 7) is 2.36. The lowest BCUT2D eigenvalue weighted by molar-refractivity contribution is 0.456. The molecule has 0 saturated heterocycles. The van der Waals surface area contributed by atoms with E-state index in [1.807, 2.05) is 7.05 Å². The van der Waals surface area contributed by atoms with Crippen LogP contribution in [-0.4, -0.2) is 23.1 Å². The molecule has 0 radical (unpaired) electrons. The predicted molar refractivity (Wildman–Crippen MR) is 86.6 cm³/mol. The fourth-order valence-electron chi connectivity index (χ4n) is 2.96. The summed E-state index contributed by atoms with van der Waals surface area (Å²) in [6, 6.07) is 2.64. The maximum atomic E-state index is 4.62. The second-order valence-corrected chi connectivity index (χ2v) is 6.55. The zero-order chi connectivity index (χ0) is 13.9. The van der Waals surface area contributed by atoms with Crippen molar-refractivity contribution in [2.75, 3.05) is 17.7 Å². The third kappa shape index (κ3) is 2.73. The summed E-state index contributed by atoms with van der Waals surface area (Å²) < 4.78 is 0. The minimum atomic E-state index is 0.528. The number of fused-ring (bicyclic) bond motifs is 1. The molecule has 20 heavy (non-hydrogen) atoms. The SMILES string of the molecule is CNc1nc(NC2CCCCCC2C)c2ccsc2n1. The van der Waals surface area contributed by atoms with Gasteiger partial charge < -0.3 is 10.6 Å². The monoisotopic (exact) mass is 290 g/mol. The molecule has 1 aliphatic rings. The van der Waals surface area contributed by atoms with E-state index in [0.29, 0.717) is 17.9 Å². The van der Waals surface area contributed by atoms with E-state index in [1.54, 1.807) is 11.3 Å². The number of nitrogens with zero attached hydrogens (tertiary/aromatic N) is 2. The molecule has 1 saturated carbocycles. The van der Waals surface area contributed by atoms with Crippen molar-refractivity contribution in [3.8, 4) is 0 Å². The van der Waals surface area contributed by atoms with Gasteiger partial charge in [-0.25, -0.2) is 4.98 Å². The third-order valence-electron chi connectivity index (χ3n) is 4.23. The predicted octanol–water partition coefficient (Wildman–Crippen LogP) is 4.11. The second kappa shape index (κ2) is 5.95. The first-order valence-electron chi connectivity index (χ1n) is 7.47. The minimum Gasteiger partial charge on any atom is -0.366 e. The molecule has 2 atom stereocenters. The highest BCUT2D eigenvalue weighted by Gasteiger charge is 2.21. The Bertz CT molecular complexity index is 580. The number of anilines is 2. The zero-order valence-electron chi connectivity index (χ0n) is 12.1. The molecule has 0 bridgehead atoms. The molecule has 0 amide bonds. The van der Waals surface area contributed by atoms with Crippen LogP contribution >= 0.6 is 11.3 Å². The number of rotatable bonds is 3. The maximum absolute atomic E-state index is 4.62. The van der Waals surface area contributed by atoms with Crippen molar-refractivity contribution in [3.05, 3.63) is 11.4 Å². The van der Waals surface area contributed by atoms with E-state index in [9.17, 15) is 0 Å². The van der Waals surface area contributed by atoms with E-state index in [-0.39, 0.29) is 0 Å². The normalized spacial score (nSPS) is 23.5. The van der Waals surface area contributed by atoms with Gasteiger partial charge in [-0.2, -0.15) is 4.98 Å². The van der Waals surface area contributed by atoms with Crippen LogP contribution in [0.25, 0.3) is 10.2 Å². The highest BCUT2D eigenvalue weighted by Crippen LogP contribution is 2.30. The van der Waals surface area contributed by atoms with Crippen molar-refractivity contribution in [1.29, 1.82) is 0 Å². The van der Waals surface area contributed by atoms with Gasteiger partial charge in [-0.05, 0) is 30.2 Å². The first kappa shape index (κ1) is 13.6. The first-order valence-corrected chi connectivity index (χ1v) is 8.35. The quantitative estimate of drug-likeness (QED) is 0.835. The molecule has 2 unspecified atom stereocenters. The van der Waals surface area contributed by atoms with Crippen LogP contribution in [0.15, 0.2) is 11.4 Å². The largest absolute Gasteiger partial charge is 0.366 e. The number of hydrogen-bond donors (Lipinski definition) is 2. The van der Waals surface area contributed by atoms with E-state index in [1.165, 1.54) is 32.1 Å². The van der Waals surface area contributed by atoms with E-state index in [2.05, 4.69) is 39.0 Å². The van der Waals surface area contributed by atoms with Gasteiger partial charge in [0.05, 0.1) is 5.39 Å². The Hall–Kier alpha value is -1.36. The van der Waals surface area contributed by atoms with E-state index >= 15 is 0 Å². The molecule has 5 heteroatoms. The second-order valence-electron chi connectivity index (χ2n) is 5.65. The van der Waals surface area contributed by atoms with Crippen LogP contribution in [-0.2, 0) is 0 Å². The topological polar surface area (TPSA) is 49.8 Å². The van der Waals surface area contributed by atoms with Crippen LogP contribution in [0.5, 0.6) is 0 Å². The molecule has 1 fully saturated rings. The molecule has 4 nitrogen and oxygen atoms in total.